The molecule has 2 atom stereocenters. The van der Waals surface area contributed by atoms with E-state index in [1.807, 2.05) is 0 Å². The zero-order valence-corrected chi connectivity index (χ0v) is 32.7. The van der Waals surface area contributed by atoms with E-state index in [2.05, 4.69) is 217 Å². The first-order valence-electron chi connectivity index (χ1n) is 21.0. The Morgan fingerprint density at radius 1 is 0.407 bits per heavy atom. The van der Waals surface area contributed by atoms with Crippen LogP contribution in [0, 0.1) is 5.92 Å². The molecule has 278 valence electrons. The lowest BCUT2D eigenvalue weighted by molar-refractivity contribution is 0.579. The highest BCUT2D eigenvalue weighted by atomic mass is 15.2. The lowest BCUT2D eigenvalue weighted by atomic mass is 9.81. The van der Waals surface area contributed by atoms with E-state index in [0.717, 1.165) is 12.8 Å². The molecule has 1 aliphatic carbocycles. The molecule has 0 amide bonds. The summed E-state index contributed by atoms with van der Waals surface area (Å²) < 4.78 is 0. The second kappa shape index (κ2) is 13.7. The van der Waals surface area contributed by atoms with Crippen LogP contribution in [0.3, 0.4) is 0 Å². The maximum absolute atomic E-state index is 2.68. The van der Waals surface area contributed by atoms with Crippen molar-refractivity contribution in [3.63, 3.8) is 0 Å². The molecule has 0 saturated carbocycles. The zero-order valence-electron chi connectivity index (χ0n) is 32.7. The number of benzene rings is 10. The van der Waals surface area contributed by atoms with Gasteiger partial charge in [0.2, 0.25) is 0 Å². The van der Waals surface area contributed by atoms with Crippen LogP contribution in [0.15, 0.2) is 200 Å². The van der Waals surface area contributed by atoms with E-state index in [1.54, 1.807) is 0 Å². The summed E-state index contributed by atoms with van der Waals surface area (Å²) >= 11 is 0. The van der Waals surface area contributed by atoms with Crippen LogP contribution in [0.5, 0.6) is 0 Å². The van der Waals surface area contributed by atoms with Crippen molar-refractivity contribution >= 4 is 66.6 Å². The highest BCUT2D eigenvalue weighted by molar-refractivity contribution is 6.33. The molecule has 1 heteroatoms. The lowest BCUT2D eigenvalue weighted by Gasteiger charge is -2.36. The molecule has 1 nitrogen and oxygen atoms in total. The SMILES string of the molecule is C1=c2ccccc2=CC2C1CCc1cc3ccccc3cc1N2c1ccc2c(c1)c1ccccc1c1c(-c3ccccc3)cc(-c3ccccc3)c(-c3ccccc3)c21. The molecule has 0 spiro atoms. The monoisotopic (exact) mass is 751 g/mol. The van der Waals surface area contributed by atoms with Gasteiger partial charge in [-0.1, -0.05) is 182 Å². The van der Waals surface area contributed by atoms with E-state index in [-0.39, 0.29) is 6.04 Å². The Morgan fingerprint density at radius 3 is 1.71 bits per heavy atom. The Morgan fingerprint density at radius 2 is 0.983 bits per heavy atom. The van der Waals surface area contributed by atoms with Crippen LogP contribution in [0.4, 0.5) is 11.4 Å². The third-order valence-electron chi connectivity index (χ3n) is 13.0. The molecule has 0 saturated heterocycles. The summed E-state index contributed by atoms with van der Waals surface area (Å²) in [4.78, 5) is 2.68. The zero-order chi connectivity index (χ0) is 38.9. The van der Waals surface area contributed by atoms with Crippen LogP contribution < -0.4 is 15.3 Å². The highest BCUT2D eigenvalue weighted by Crippen LogP contribution is 2.50. The largest absolute Gasteiger partial charge is 0.334 e. The van der Waals surface area contributed by atoms with Crippen LogP contribution in [-0.4, -0.2) is 6.04 Å². The first-order chi connectivity index (χ1) is 29.3. The van der Waals surface area contributed by atoms with Crippen LogP contribution in [0.1, 0.15) is 12.0 Å². The second-order valence-corrected chi connectivity index (χ2v) is 16.3. The molecule has 2 unspecified atom stereocenters. The first-order valence-corrected chi connectivity index (χ1v) is 21.0. The molecule has 0 N–H and O–H groups in total. The second-order valence-electron chi connectivity index (χ2n) is 16.3. The van der Waals surface area contributed by atoms with Gasteiger partial charge < -0.3 is 4.90 Å². The average molecular weight is 752 g/mol. The van der Waals surface area contributed by atoms with Gasteiger partial charge in [0.25, 0.3) is 0 Å². The summed E-state index contributed by atoms with van der Waals surface area (Å²) in [6, 6.07) is 74.8. The minimum Gasteiger partial charge on any atom is -0.334 e. The summed E-state index contributed by atoms with van der Waals surface area (Å²) in [6.07, 6.45) is 7.23. The Kier molecular flexibility index (Phi) is 7.88. The molecule has 10 aromatic rings. The van der Waals surface area contributed by atoms with Gasteiger partial charge in [-0.2, -0.15) is 0 Å². The molecule has 0 fully saturated rings. The Balaban J connectivity index is 1.21. The highest BCUT2D eigenvalue weighted by Gasteiger charge is 2.33. The van der Waals surface area contributed by atoms with Crippen molar-refractivity contribution < 1.29 is 0 Å². The Hall–Kier alpha value is -7.22. The Labute approximate surface area is 344 Å². The molecular weight excluding hydrogens is 711 g/mol. The van der Waals surface area contributed by atoms with Crippen molar-refractivity contribution in [2.75, 3.05) is 4.90 Å². The van der Waals surface area contributed by atoms with Crippen molar-refractivity contribution in [3.8, 4) is 33.4 Å². The van der Waals surface area contributed by atoms with E-state index in [9.17, 15) is 0 Å². The predicted molar refractivity (Wildman–Crippen MR) is 252 cm³/mol. The van der Waals surface area contributed by atoms with E-state index in [0.29, 0.717) is 5.92 Å². The topological polar surface area (TPSA) is 3.24 Å². The number of rotatable bonds is 4. The van der Waals surface area contributed by atoms with E-state index in [4.69, 9.17) is 0 Å². The van der Waals surface area contributed by atoms with Gasteiger partial charge in [-0.15, -0.1) is 0 Å². The summed E-state index contributed by atoms with van der Waals surface area (Å²) in [7, 11) is 0. The first kappa shape index (κ1) is 33.9. The summed E-state index contributed by atoms with van der Waals surface area (Å²) in [5, 5.41) is 12.9. The van der Waals surface area contributed by atoms with Gasteiger partial charge in [0.1, 0.15) is 0 Å². The van der Waals surface area contributed by atoms with Crippen LogP contribution in [-0.2, 0) is 6.42 Å². The molecule has 1 heterocycles. The van der Waals surface area contributed by atoms with Gasteiger partial charge in [0.05, 0.1) is 6.04 Å². The maximum atomic E-state index is 2.68. The molecule has 0 bridgehead atoms. The third-order valence-corrected chi connectivity index (χ3v) is 13.0. The number of fused-ring (bicyclic) bond motifs is 10. The van der Waals surface area contributed by atoms with E-state index < -0.39 is 0 Å². The van der Waals surface area contributed by atoms with Gasteiger partial charge in [0.15, 0.2) is 0 Å². The van der Waals surface area contributed by atoms with Crippen molar-refractivity contribution in [2.45, 2.75) is 18.9 Å². The average Bonchev–Trinajstić information content (AvgIpc) is 3.46. The minimum absolute atomic E-state index is 0.172. The van der Waals surface area contributed by atoms with Crippen molar-refractivity contribution in [2.24, 2.45) is 5.92 Å². The third kappa shape index (κ3) is 5.53. The fourth-order valence-electron chi connectivity index (χ4n) is 10.4. The smallest absolute Gasteiger partial charge is 0.0594 e. The number of aryl methyl sites for hydroxylation is 1. The van der Waals surface area contributed by atoms with Crippen molar-refractivity contribution in [1.29, 1.82) is 0 Å². The van der Waals surface area contributed by atoms with Gasteiger partial charge in [-0.05, 0) is 136 Å². The van der Waals surface area contributed by atoms with Crippen molar-refractivity contribution in [3.05, 3.63) is 216 Å². The molecule has 10 aromatic carbocycles. The number of hydrogen-bond donors (Lipinski definition) is 0. The fraction of sp³-hybridized carbons (Fsp3) is 0.0690. The quantitative estimate of drug-likeness (QED) is 0.162. The predicted octanol–water partition coefficient (Wildman–Crippen LogP) is 13.6. The molecule has 0 radical (unpaired) electrons. The number of anilines is 2. The van der Waals surface area contributed by atoms with E-state index in [1.165, 1.54) is 104 Å². The lowest BCUT2D eigenvalue weighted by Crippen LogP contribution is -2.42. The standard InChI is InChI=1S/C58H41N/c1-4-16-38(17-5-1)51-37-52(39-18-6-2-7-19-39)57-49-27-15-14-26-48(49)53-36-47(30-31-50(53)58(57)56(51)40-20-8-3-9-21-40)59-54-34-43-24-12-10-22-41(43)32-45(54)28-29-46-33-42-23-11-13-25-44(42)35-55(46)59/h1-27,30-37,45,54H,28-29H2. The van der Waals surface area contributed by atoms with Gasteiger partial charge in [-0.25, -0.2) is 0 Å². The number of nitrogens with zero attached hydrogens (tertiary/aromatic N) is 1. The van der Waals surface area contributed by atoms with Crippen LogP contribution in [0.2, 0.25) is 0 Å². The van der Waals surface area contributed by atoms with E-state index >= 15 is 0 Å². The molecular formula is C58H41N. The molecule has 1 aliphatic heterocycles. The Bertz CT molecular complexity index is 3390. The summed E-state index contributed by atoms with van der Waals surface area (Å²) in [5.74, 6) is 0.371. The molecule has 59 heavy (non-hydrogen) atoms. The van der Waals surface area contributed by atoms with Gasteiger partial charge in [0, 0.05) is 17.3 Å². The minimum atomic E-state index is 0.172. The summed E-state index contributed by atoms with van der Waals surface area (Å²) in [6.45, 7) is 0. The number of hydrogen-bond acceptors (Lipinski definition) is 1. The molecule has 12 rings (SSSR count). The van der Waals surface area contributed by atoms with Gasteiger partial charge >= 0.3 is 0 Å². The summed E-state index contributed by atoms with van der Waals surface area (Å²) in [5.41, 5.74) is 11.4. The molecule has 2 aliphatic rings. The van der Waals surface area contributed by atoms with Crippen molar-refractivity contribution in [1.82, 2.24) is 0 Å². The fourth-order valence-corrected chi connectivity index (χ4v) is 10.4. The normalized spacial score (nSPS) is 15.9. The van der Waals surface area contributed by atoms with Crippen LogP contribution >= 0.6 is 0 Å². The van der Waals surface area contributed by atoms with Gasteiger partial charge in [-0.3, -0.25) is 0 Å². The van der Waals surface area contributed by atoms with Crippen LogP contribution in [0.25, 0.3) is 88.6 Å². The maximum Gasteiger partial charge on any atom is 0.0594 e. The molecule has 0 aromatic heterocycles.